The normalized spacial score (nSPS) is 9.82. The first kappa shape index (κ1) is 10.0. The molecule has 1 amide bonds. The standard InChI is InChI=1S/C9H15NO/c1-5-7-8(11)10-9(3,4)6-2/h6H2,1-4H3,(H,10,11). The number of hydrogen-bond donors (Lipinski definition) is 1. The molecule has 0 bridgehead atoms. The summed E-state index contributed by atoms with van der Waals surface area (Å²) in [5, 5.41) is 2.79. The fraction of sp³-hybridized carbons (Fsp3) is 0.667. The van der Waals surface area contributed by atoms with Crippen molar-refractivity contribution in [1.29, 1.82) is 0 Å². The molecule has 0 radical (unpaired) electrons. The van der Waals surface area contributed by atoms with Crippen molar-refractivity contribution in [1.82, 2.24) is 5.32 Å². The quantitative estimate of drug-likeness (QED) is 0.595. The Hall–Kier alpha value is -0.970. The molecule has 0 spiro atoms. The second-order valence-electron chi connectivity index (χ2n) is 3.07. The number of hydrogen-bond acceptors (Lipinski definition) is 1. The monoisotopic (exact) mass is 153 g/mol. The molecule has 0 aromatic heterocycles. The van der Waals surface area contributed by atoms with E-state index in [-0.39, 0.29) is 11.4 Å². The summed E-state index contributed by atoms with van der Waals surface area (Å²) in [5.74, 6) is 4.79. The Bertz CT molecular complexity index is 195. The lowest BCUT2D eigenvalue weighted by molar-refractivity contribution is -0.117. The summed E-state index contributed by atoms with van der Waals surface area (Å²) in [5.41, 5.74) is -0.138. The van der Waals surface area contributed by atoms with Gasteiger partial charge in [0.1, 0.15) is 0 Å². The van der Waals surface area contributed by atoms with Crippen molar-refractivity contribution in [2.75, 3.05) is 0 Å². The Morgan fingerprint density at radius 1 is 1.55 bits per heavy atom. The SMILES string of the molecule is CC#CC(=O)NC(C)(C)CC. The Labute approximate surface area is 68.4 Å². The number of carbonyl (C=O) groups excluding carboxylic acids is 1. The van der Waals surface area contributed by atoms with Gasteiger partial charge in [-0.05, 0) is 33.1 Å². The average molecular weight is 153 g/mol. The van der Waals surface area contributed by atoms with Crippen LogP contribution in [0.2, 0.25) is 0 Å². The Morgan fingerprint density at radius 2 is 2.09 bits per heavy atom. The minimum atomic E-state index is -0.195. The van der Waals surface area contributed by atoms with Crippen LogP contribution in [-0.4, -0.2) is 11.4 Å². The average Bonchev–Trinajstić information content (AvgIpc) is 1.87. The highest BCUT2D eigenvalue weighted by Crippen LogP contribution is 2.05. The molecule has 0 saturated carbocycles. The van der Waals surface area contributed by atoms with Gasteiger partial charge in [-0.3, -0.25) is 4.79 Å². The molecule has 0 aromatic carbocycles. The minimum Gasteiger partial charge on any atom is -0.340 e. The number of amides is 1. The van der Waals surface area contributed by atoms with E-state index in [2.05, 4.69) is 17.2 Å². The van der Waals surface area contributed by atoms with Gasteiger partial charge >= 0.3 is 0 Å². The van der Waals surface area contributed by atoms with E-state index in [4.69, 9.17) is 0 Å². The van der Waals surface area contributed by atoms with E-state index in [0.717, 1.165) is 6.42 Å². The van der Waals surface area contributed by atoms with Crippen LogP contribution in [0.25, 0.3) is 0 Å². The van der Waals surface area contributed by atoms with Gasteiger partial charge in [-0.25, -0.2) is 0 Å². The van der Waals surface area contributed by atoms with E-state index in [9.17, 15) is 4.79 Å². The lowest BCUT2D eigenvalue weighted by Gasteiger charge is -2.22. The Balaban J connectivity index is 4.00. The Kier molecular flexibility index (Phi) is 3.67. The molecule has 0 aromatic rings. The summed E-state index contributed by atoms with van der Waals surface area (Å²) >= 11 is 0. The van der Waals surface area contributed by atoms with Crippen LogP contribution in [-0.2, 0) is 4.79 Å². The van der Waals surface area contributed by atoms with Gasteiger partial charge in [0.2, 0.25) is 0 Å². The minimum absolute atomic E-state index is 0.138. The number of rotatable bonds is 2. The maximum absolute atomic E-state index is 10.9. The van der Waals surface area contributed by atoms with Crippen LogP contribution in [0.15, 0.2) is 0 Å². The van der Waals surface area contributed by atoms with Crippen LogP contribution in [0.5, 0.6) is 0 Å². The van der Waals surface area contributed by atoms with Crippen LogP contribution in [0, 0.1) is 11.8 Å². The summed E-state index contributed by atoms with van der Waals surface area (Å²) in [6.07, 6.45) is 0.907. The van der Waals surface area contributed by atoms with Crippen LogP contribution in [0.1, 0.15) is 34.1 Å². The molecule has 1 N–H and O–H groups in total. The molecule has 2 heteroatoms. The molecule has 11 heavy (non-hydrogen) atoms. The zero-order valence-corrected chi connectivity index (χ0v) is 7.62. The first-order valence-electron chi connectivity index (χ1n) is 3.76. The van der Waals surface area contributed by atoms with E-state index < -0.39 is 0 Å². The fourth-order valence-corrected chi connectivity index (χ4v) is 0.541. The van der Waals surface area contributed by atoms with Gasteiger partial charge in [0.15, 0.2) is 0 Å². The summed E-state index contributed by atoms with van der Waals surface area (Å²) in [6, 6.07) is 0. The predicted octanol–water partition coefficient (Wildman–Crippen LogP) is 1.31. The molecule has 0 atom stereocenters. The van der Waals surface area contributed by atoms with E-state index in [1.807, 2.05) is 20.8 Å². The third-order valence-corrected chi connectivity index (χ3v) is 1.57. The predicted molar refractivity (Wildman–Crippen MR) is 46.0 cm³/mol. The third kappa shape index (κ3) is 4.44. The third-order valence-electron chi connectivity index (χ3n) is 1.57. The molecule has 0 unspecified atom stereocenters. The molecule has 0 rings (SSSR count). The maximum atomic E-state index is 10.9. The van der Waals surface area contributed by atoms with Gasteiger partial charge in [-0.2, -0.15) is 0 Å². The lowest BCUT2D eigenvalue weighted by Crippen LogP contribution is -2.42. The van der Waals surface area contributed by atoms with Crippen LogP contribution in [0.3, 0.4) is 0 Å². The molecule has 0 aliphatic carbocycles. The van der Waals surface area contributed by atoms with Crippen LogP contribution in [0.4, 0.5) is 0 Å². The second-order valence-corrected chi connectivity index (χ2v) is 3.07. The number of carbonyl (C=O) groups is 1. The summed E-state index contributed by atoms with van der Waals surface area (Å²) in [6.45, 7) is 7.63. The van der Waals surface area contributed by atoms with Gasteiger partial charge in [0.25, 0.3) is 5.91 Å². The van der Waals surface area contributed by atoms with Crippen molar-refractivity contribution >= 4 is 5.91 Å². The van der Waals surface area contributed by atoms with E-state index in [1.165, 1.54) is 0 Å². The van der Waals surface area contributed by atoms with Crippen molar-refractivity contribution in [3.05, 3.63) is 0 Å². The van der Waals surface area contributed by atoms with E-state index in [1.54, 1.807) is 6.92 Å². The van der Waals surface area contributed by atoms with Crippen molar-refractivity contribution in [3.63, 3.8) is 0 Å². The van der Waals surface area contributed by atoms with Crippen molar-refractivity contribution in [3.8, 4) is 11.8 Å². The van der Waals surface area contributed by atoms with Crippen molar-refractivity contribution < 1.29 is 4.79 Å². The van der Waals surface area contributed by atoms with Gasteiger partial charge in [0.05, 0.1) is 0 Å². The second kappa shape index (κ2) is 4.02. The number of nitrogens with one attached hydrogen (secondary N) is 1. The molecule has 62 valence electrons. The smallest absolute Gasteiger partial charge is 0.296 e. The summed E-state index contributed by atoms with van der Waals surface area (Å²) < 4.78 is 0. The maximum Gasteiger partial charge on any atom is 0.296 e. The first-order chi connectivity index (χ1) is 5.02. The zero-order valence-electron chi connectivity index (χ0n) is 7.62. The molecule has 0 aliphatic heterocycles. The topological polar surface area (TPSA) is 29.1 Å². The van der Waals surface area contributed by atoms with E-state index >= 15 is 0 Å². The van der Waals surface area contributed by atoms with Crippen molar-refractivity contribution in [2.45, 2.75) is 39.7 Å². The van der Waals surface area contributed by atoms with Gasteiger partial charge in [-0.15, -0.1) is 0 Å². The fourth-order valence-electron chi connectivity index (χ4n) is 0.541. The van der Waals surface area contributed by atoms with Crippen LogP contribution >= 0.6 is 0 Å². The molecule has 0 saturated heterocycles. The summed E-state index contributed by atoms with van der Waals surface area (Å²) in [7, 11) is 0. The molecule has 0 heterocycles. The highest BCUT2D eigenvalue weighted by molar-refractivity contribution is 5.93. The van der Waals surface area contributed by atoms with Crippen LogP contribution < -0.4 is 5.32 Å². The molecule has 2 nitrogen and oxygen atoms in total. The molecule has 0 fully saturated rings. The zero-order chi connectivity index (χ0) is 8.91. The molecular weight excluding hydrogens is 138 g/mol. The van der Waals surface area contributed by atoms with Gasteiger partial charge in [-0.1, -0.05) is 12.8 Å². The highest BCUT2D eigenvalue weighted by atomic mass is 16.1. The molecule has 0 aliphatic rings. The highest BCUT2D eigenvalue weighted by Gasteiger charge is 2.15. The summed E-state index contributed by atoms with van der Waals surface area (Å²) in [4.78, 5) is 10.9. The first-order valence-corrected chi connectivity index (χ1v) is 3.76. The lowest BCUT2D eigenvalue weighted by atomic mass is 10.0. The Morgan fingerprint density at radius 3 is 2.45 bits per heavy atom. The van der Waals surface area contributed by atoms with Crippen molar-refractivity contribution in [2.24, 2.45) is 0 Å². The largest absolute Gasteiger partial charge is 0.340 e. The van der Waals surface area contributed by atoms with E-state index in [0.29, 0.717) is 0 Å². The molecular formula is C9H15NO. The van der Waals surface area contributed by atoms with Gasteiger partial charge < -0.3 is 5.32 Å². The van der Waals surface area contributed by atoms with Gasteiger partial charge in [0, 0.05) is 5.54 Å².